The van der Waals surface area contributed by atoms with Gasteiger partial charge in [-0.25, -0.2) is 0 Å². The van der Waals surface area contributed by atoms with E-state index in [1.165, 1.54) is 0 Å². The summed E-state index contributed by atoms with van der Waals surface area (Å²) in [4.78, 5) is 29.7. The van der Waals surface area contributed by atoms with Crippen molar-refractivity contribution >= 4 is 29.1 Å². The van der Waals surface area contributed by atoms with Crippen LogP contribution in [-0.2, 0) is 9.59 Å². The van der Waals surface area contributed by atoms with Gasteiger partial charge in [-0.3, -0.25) is 9.59 Å². The summed E-state index contributed by atoms with van der Waals surface area (Å²) in [5.41, 5.74) is 1.25. The third-order valence-corrected chi connectivity index (χ3v) is 5.89. The number of halogens is 1. The lowest BCUT2D eigenvalue weighted by atomic mass is 9.95. The molecule has 7 heteroatoms. The molecule has 2 aromatic carbocycles. The fourth-order valence-electron chi connectivity index (χ4n) is 3.80. The summed E-state index contributed by atoms with van der Waals surface area (Å²) in [7, 11) is 1.58. The first-order valence-electron chi connectivity index (χ1n) is 10.3. The average Bonchev–Trinajstić information content (AvgIpc) is 3.04. The largest absolute Gasteiger partial charge is 0.507 e. The lowest BCUT2D eigenvalue weighted by Crippen LogP contribution is -2.38. The Bertz CT molecular complexity index is 966. The van der Waals surface area contributed by atoms with Crippen molar-refractivity contribution < 1.29 is 19.4 Å². The number of methoxy groups -OCH3 is 1. The number of aliphatic hydroxyl groups excluding tert-OH is 1. The molecule has 1 aliphatic heterocycles. The van der Waals surface area contributed by atoms with Crippen molar-refractivity contribution in [3.05, 3.63) is 70.3 Å². The van der Waals surface area contributed by atoms with Crippen molar-refractivity contribution in [2.45, 2.75) is 19.9 Å². The van der Waals surface area contributed by atoms with Crippen LogP contribution in [-0.4, -0.2) is 59.9 Å². The molecule has 0 spiro atoms. The van der Waals surface area contributed by atoms with Crippen LogP contribution in [0.2, 0.25) is 5.02 Å². The molecule has 1 unspecified atom stereocenters. The molecule has 1 aliphatic rings. The van der Waals surface area contributed by atoms with Crippen molar-refractivity contribution in [3.63, 3.8) is 0 Å². The van der Waals surface area contributed by atoms with Crippen molar-refractivity contribution in [2.24, 2.45) is 0 Å². The predicted octanol–water partition coefficient (Wildman–Crippen LogP) is 4.11. The molecule has 1 amide bonds. The Balaban J connectivity index is 2.08. The Morgan fingerprint density at radius 2 is 1.68 bits per heavy atom. The van der Waals surface area contributed by atoms with Crippen molar-refractivity contribution in [3.8, 4) is 5.75 Å². The molecule has 1 fully saturated rings. The number of ether oxygens (including phenoxy) is 1. The van der Waals surface area contributed by atoms with E-state index in [0.717, 1.165) is 18.7 Å². The van der Waals surface area contributed by atoms with Crippen LogP contribution >= 0.6 is 11.6 Å². The van der Waals surface area contributed by atoms with E-state index in [9.17, 15) is 14.7 Å². The van der Waals surface area contributed by atoms with E-state index in [4.69, 9.17) is 16.3 Å². The van der Waals surface area contributed by atoms with Gasteiger partial charge in [0.15, 0.2) is 0 Å². The summed E-state index contributed by atoms with van der Waals surface area (Å²) in [6.07, 6.45) is 0. The molecule has 1 N–H and O–H groups in total. The molecule has 0 aromatic heterocycles. The molecule has 31 heavy (non-hydrogen) atoms. The highest BCUT2D eigenvalue weighted by atomic mass is 35.5. The molecule has 0 radical (unpaired) electrons. The number of benzene rings is 2. The molecule has 164 valence electrons. The molecule has 3 rings (SSSR count). The Hall–Kier alpha value is -2.83. The van der Waals surface area contributed by atoms with Crippen LogP contribution in [0, 0.1) is 0 Å². The first-order chi connectivity index (χ1) is 14.9. The van der Waals surface area contributed by atoms with Gasteiger partial charge >= 0.3 is 0 Å². The summed E-state index contributed by atoms with van der Waals surface area (Å²) in [5, 5.41) is 11.5. The number of likely N-dealkylation sites (tertiary alicyclic amines) is 1. The highest BCUT2D eigenvalue weighted by molar-refractivity contribution is 6.46. The number of Topliss-reactive ketones (excluding diaryl/α,β-unsaturated/α-hetero) is 1. The number of nitrogens with zero attached hydrogens (tertiary/aromatic N) is 2. The minimum absolute atomic E-state index is 0.0806. The Kier molecular flexibility index (Phi) is 7.36. The van der Waals surface area contributed by atoms with Crippen molar-refractivity contribution in [1.29, 1.82) is 0 Å². The van der Waals surface area contributed by atoms with Gasteiger partial charge in [-0.05, 0) is 55.1 Å². The van der Waals surface area contributed by atoms with E-state index < -0.39 is 17.7 Å². The van der Waals surface area contributed by atoms with Crippen LogP contribution in [0.25, 0.3) is 5.76 Å². The van der Waals surface area contributed by atoms with E-state index >= 15 is 0 Å². The second-order valence-electron chi connectivity index (χ2n) is 7.30. The van der Waals surface area contributed by atoms with Gasteiger partial charge in [-0.1, -0.05) is 37.6 Å². The number of amides is 1. The third kappa shape index (κ3) is 4.75. The number of carbonyl (C=O) groups excluding carboxylic acids is 2. The zero-order chi connectivity index (χ0) is 22.5. The molecule has 0 saturated carbocycles. The van der Waals surface area contributed by atoms with Gasteiger partial charge < -0.3 is 19.6 Å². The molecule has 1 heterocycles. The molecule has 1 atom stereocenters. The molecule has 0 bridgehead atoms. The van der Waals surface area contributed by atoms with Gasteiger partial charge in [0.2, 0.25) is 0 Å². The fourth-order valence-corrected chi connectivity index (χ4v) is 3.92. The average molecular weight is 443 g/mol. The SMILES string of the molecule is CCN(CC)CCN1C(=O)C(=O)/C(=C(/O)c2ccc(Cl)cc2)C1c1ccc(OC)cc1. The summed E-state index contributed by atoms with van der Waals surface area (Å²) in [6, 6.07) is 13.0. The minimum atomic E-state index is -0.687. The first kappa shape index (κ1) is 22.8. The molecule has 2 aromatic rings. The molecular weight excluding hydrogens is 416 g/mol. The normalized spacial score (nSPS) is 18.1. The summed E-state index contributed by atoms with van der Waals surface area (Å²) in [5.74, 6) is -0.834. The van der Waals surface area contributed by atoms with E-state index in [2.05, 4.69) is 18.7 Å². The number of hydrogen-bond acceptors (Lipinski definition) is 5. The van der Waals surface area contributed by atoms with E-state index in [-0.39, 0.29) is 11.3 Å². The second kappa shape index (κ2) is 9.98. The molecule has 6 nitrogen and oxygen atoms in total. The van der Waals surface area contributed by atoms with Gasteiger partial charge in [0.1, 0.15) is 11.5 Å². The Labute approximate surface area is 187 Å². The predicted molar refractivity (Wildman–Crippen MR) is 121 cm³/mol. The minimum Gasteiger partial charge on any atom is -0.507 e. The first-order valence-corrected chi connectivity index (χ1v) is 10.7. The van der Waals surface area contributed by atoms with Gasteiger partial charge in [-0.15, -0.1) is 0 Å². The number of aliphatic hydroxyl groups is 1. The van der Waals surface area contributed by atoms with Crippen molar-refractivity contribution in [1.82, 2.24) is 9.80 Å². The monoisotopic (exact) mass is 442 g/mol. The van der Waals surface area contributed by atoms with Gasteiger partial charge in [-0.2, -0.15) is 0 Å². The standard InChI is InChI=1S/C24H27ClN2O4/c1-4-26(5-2)14-15-27-21(16-8-12-19(31-3)13-9-16)20(23(29)24(27)30)22(28)17-6-10-18(25)11-7-17/h6-13,21,28H,4-5,14-15H2,1-3H3/b22-20+. The number of likely N-dealkylation sites (N-methyl/N-ethyl adjacent to an activating group) is 1. The quantitative estimate of drug-likeness (QED) is 0.378. The zero-order valence-electron chi connectivity index (χ0n) is 18.0. The van der Waals surface area contributed by atoms with Crippen LogP contribution in [0.15, 0.2) is 54.1 Å². The zero-order valence-corrected chi connectivity index (χ0v) is 18.7. The number of rotatable bonds is 8. The second-order valence-corrected chi connectivity index (χ2v) is 7.74. The van der Waals surface area contributed by atoms with Crippen LogP contribution in [0.3, 0.4) is 0 Å². The number of ketones is 1. The summed E-state index contributed by atoms with van der Waals surface area (Å²) in [6.45, 7) is 6.81. The van der Waals surface area contributed by atoms with Crippen LogP contribution < -0.4 is 4.74 Å². The lowest BCUT2D eigenvalue weighted by molar-refractivity contribution is -0.140. The lowest BCUT2D eigenvalue weighted by Gasteiger charge is -2.28. The van der Waals surface area contributed by atoms with Crippen LogP contribution in [0.5, 0.6) is 5.75 Å². The fraction of sp³-hybridized carbons (Fsp3) is 0.333. The van der Waals surface area contributed by atoms with Crippen molar-refractivity contribution in [2.75, 3.05) is 33.3 Å². The number of hydrogen-bond donors (Lipinski definition) is 1. The van der Waals surface area contributed by atoms with Gasteiger partial charge in [0.05, 0.1) is 18.7 Å². The number of carbonyl (C=O) groups is 2. The van der Waals surface area contributed by atoms with E-state index in [0.29, 0.717) is 29.4 Å². The molecule has 1 saturated heterocycles. The van der Waals surface area contributed by atoms with E-state index in [1.807, 2.05) is 12.1 Å². The molecule has 0 aliphatic carbocycles. The maximum absolute atomic E-state index is 13.0. The molecular formula is C24H27ClN2O4. The third-order valence-electron chi connectivity index (χ3n) is 5.64. The van der Waals surface area contributed by atoms with Gasteiger partial charge in [0.25, 0.3) is 11.7 Å². The maximum Gasteiger partial charge on any atom is 0.295 e. The van der Waals surface area contributed by atoms with Gasteiger partial charge in [0, 0.05) is 23.7 Å². The van der Waals surface area contributed by atoms with E-state index in [1.54, 1.807) is 48.4 Å². The topological polar surface area (TPSA) is 70.1 Å². The summed E-state index contributed by atoms with van der Waals surface area (Å²) < 4.78 is 5.24. The highest BCUT2D eigenvalue weighted by Gasteiger charge is 2.45. The van der Waals surface area contributed by atoms with Crippen LogP contribution in [0.1, 0.15) is 31.0 Å². The maximum atomic E-state index is 13.0. The Morgan fingerprint density at radius 1 is 1.06 bits per heavy atom. The smallest absolute Gasteiger partial charge is 0.295 e. The van der Waals surface area contributed by atoms with Crippen LogP contribution in [0.4, 0.5) is 0 Å². The summed E-state index contributed by atoms with van der Waals surface area (Å²) >= 11 is 5.96. The Morgan fingerprint density at radius 3 is 2.23 bits per heavy atom. The highest BCUT2D eigenvalue weighted by Crippen LogP contribution is 2.39.